The standard InChI is InChI=1S/C5H9N3.C4H8N4/c1-4(2)5-3-6-8-7-5;1-3(2)4-5-7-8-6-4/h4H,3H2,1-2H3;3H,1-2H3,(H,5,6,7,8). The van der Waals surface area contributed by atoms with Gasteiger partial charge in [-0.1, -0.05) is 32.9 Å². The zero-order chi connectivity index (χ0) is 12.0. The van der Waals surface area contributed by atoms with Crippen LogP contribution in [0.4, 0.5) is 0 Å². The predicted molar refractivity (Wildman–Crippen MR) is 60.3 cm³/mol. The minimum absolute atomic E-state index is 0.369. The molecule has 7 heteroatoms. The van der Waals surface area contributed by atoms with Crippen LogP contribution in [0.2, 0.25) is 0 Å². The topological polar surface area (TPSA) is 91.5 Å². The molecule has 0 amide bonds. The normalized spacial score (nSPS) is 14.0. The minimum Gasteiger partial charge on any atom is -0.177 e. The van der Waals surface area contributed by atoms with Gasteiger partial charge in [-0.25, -0.2) is 0 Å². The third-order valence-corrected chi connectivity index (χ3v) is 2.01. The van der Waals surface area contributed by atoms with E-state index in [1.54, 1.807) is 0 Å². The number of hydrogen-bond acceptors (Lipinski definition) is 6. The summed E-state index contributed by atoms with van der Waals surface area (Å²) in [7, 11) is 0. The molecule has 1 aliphatic heterocycles. The number of rotatable bonds is 2. The fourth-order valence-corrected chi connectivity index (χ4v) is 0.937. The maximum absolute atomic E-state index is 3.81. The first-order chi connectivity index (χ1) is 7.61. The second kappa shape index (κ2) is 6.04. The van der Waals surface area contributed by atoms with E-state index in [0.29, 0.717) is 18.4 Å². The Bertz CT molecular complexity index is 350. The summed E-state index contributed by atoms with van der Waals surface area (Å²) in [6.07, 6.45) is 0. The van der Waals surface area contributed by atoms with Crippen molar-refractivity contribution >= 4 is 5.71 Å². The third kappa shape index (κ3) is 3.84. The van der Waals surface area contributed by atoms with E-state index < -0.39 is 0 Å². The molecule has 0 spiro atoms. The highest BCUT2D eigenvalue weighted by Crippen LogP contribution is 2.04. The van der Waals surface area contributed by atoms with Crippen molar-refractivity contribution in [2.45, 2.75) is 33.6 Å². The Morgan fingerprint density at radius 2 is 1.88 bits per heavy atom. The van der Waals surface area contributed by atoms with E-state index in [1.165, 1.54) is 0 Å². The Labute approximate surface area is 94.4 Å². The smallest absolute Gasteiger partial charge is 0.177 e. The van der Waals surface area contributed by atoms with E-state index in [2.05, 4.69) is 49.9 Å². The molecule has 1 N–H and O–H groups in total. The van der Waals surface area contributed by atoms with Gasteiger partial charge < -0.3 is 0 Å². The zero-order valence-electron chi connectivity index (χ0n) is 10.0. The second-order valence-corrected chi connectivity index (χ2v) is 4.06. The SMILES string of the molecule is CC(C)C1=NN=NC1.CC(C)c1nn[nH]n1. The van der Waals surface area contributed by atoms with E-state index >= 15 is 0 Å². The Morgan fingerprint density at radius 3 is 2.12 bits per heavy atom. The van der Waals surface area contributed by atoms with Crippen LogP contribution in [-0.2, 0) is 0 Å². The highest BCUT2D eigenvalue weighted by Gasteiger charge is 2.06. The van der Waals surface area contributed by atoms with Crippen LogP contribution in [0, 0.1) is 5.92 Å². The number of nitrogens with one attached hydrogen (secondary N) is 1. The Kier molecular flexibility index (Phi) is 4.68. The summed E-state index contributed by atoms with van der Waals surface area (Å²) in [5.74, 6) is 1.64. The van der Waals surface area contributed by atoms with Crippen LogP contribution in [0.3, 0.4) is 0 Å². The van der Waals surface area contributed by atoms with E-state index in [1.807, 2.05) is 13.8 Å². The van der Waals surface area contributed by atoms with Crippen LogP contribution >= 0.6 is 0 Å². The number of hydrogen-bond donors (Lipinski definition) is 1. The molecular formula is C9H17N7. The zero-order valence-corrected chi connectivity index (χ0v) is 10.0. The average molecular weight is 223 g/mol. The molecule has 0 unspecified atom stereocenters. The number of nitrogens with zero attached hydrogens (tertiary/aromatic N) is 6. The monoisotopic (exact) mass is 223 g/mol. The minimum atomic E-state index is 0.369. The average Bonchev–Trinajstić information content (AvgIpc) is 2.93. The molecule has 0 saturated carbocycles. The lowest BCUT2D eigenvalue weighted by Gasteiger charge is -1.97. The first kappa shape index (κ1) is 12.4. The van der Waals surface area contributed by atoms with Crippen molar-refractivity contribution in [3.05, 3.63) is 5.82 Å². The van der Waals surface area contributed by atoms with Crippen molar-refractivity contribution in [3.63, 3.8) is 0 Å². The molecule has 0 atom stereocenters. The predicted octanol–water partition coefficient (Wildman–Crippen LogP) is 1.79. The fourth-order valence-electron chi connectivity index (χ4n) is 0.937. The summed E-state index contributed by atoms with van der Waals surface area (Å²) in [4.78, 5) is 0. The van der Waals surface area contributed by atoms with E-state index in [4.69, 9.17) is 0 Å². The highest BCUT2D eigenvalue weighted by molar-refractivity contribution is 5.88. The fraction of sp³-hybridized carbons (Fsp3) is 0.778. The quantitative estimate of drug-likeness (QED) is 0.828. The molecule has 7 nitrogen and oxygen atoms in total. The van der Waals surface area contributed by atoms with Gasteiger partial charge in [-0.05, 0) is 11.1 Å². The van der Waals surface area contributed by atoms with E-state index in [-0.39, 0.29) is 0 Å². The third-order valence-electron chi connectivity index (χ3n) is 2.01. The molecule has 0 aromatic carbocycles. The molecule has 1 aliphatic rings. The van der Waals surface area contributed by atoms with Crippen LogP contribution in [-0.4, -0.2) is 32.9 Å². The molecule has 0 radical (unpaired) electrons. The lowest BCUT2D eigenvalue weighted by molar-refractivity contribution is 0.778. The van der Waals surface area contributed by atoms with Gasteiger partial charge >= 0.3 is 0 Å². The molecular weight excluding hydrogens is 206 g/mol. The maximum Gasteiger partial charge on any atom is 0.177 e. The van der Waals surface area contributed by atoms with Crippen molar-refractivity contribution in [2.75, 3.05) is 6.54 Å². The van der Waals surface area contributed by atoms with E-state index in [9.17, 15) is 0 Å². The van der Waals surface area contributed by atoms with Gasteiger partial charge in [-0.3, -0.25) is 0 Å². The Hall–Kier alpha value is -1.66. The molecule has 0 aliphatic carbocycles. The van der Waals surface area contributed by atoms with Crippen LogP contribution < -0.4 is 0 Å². The van der Waals surface area contributed by atoms with Crippen LogP contribution in [0.5, 0.6) is 0 Å². The van der Waals surface area contributed by atoms with Gasteiger partial charge in [0.25, 0.3) is 0 Å². The molecule has 1 aromatic rings. The molecule has 16 heavy (non-hydrogen) atoms. The molecule has 1 aromatic heterocycles. The largest absolute Gasteiger partial charge is 0.177 e. The molecule has 0 saturated heterocycles. The highest BCUT2D eigenvalue weighted by atomic mass is 15.5. The summed E-state index contributed by atoms with van der Waals surface area (Å²) in [5.41, 5.74) is 1.09. The molecule has 0 bridgehead atoms. The van der Waals surface area contributed by atoms with Crippen molar-refractivity contribution in [3.8, 4) is 0 Å². The summed E-state index contributed by atoms with van der Waals surface area (Å²) in [6.45, 7) is 8.93. The van der Waals surface area contributed by atoms with E-state index in [0.717, 1.165) is 11.5 Å². The van der Waals surface area contributed by atoms with Gasteiger partial charge in [-0.2, -0.15) is 10.3 Å². The number of aromatic amines is 1. The van der Waals surface area contributed by atoms with Gasteiger partial charge in [-0.15, -0.1) is 15.3 Å². The molecule has 88 valence electrons. The summed E-state index contributed by atoms with van der Waals surface area (Å²) >= 11 is 0. The Morgan fingerprint density at radius 1 is 1.12 bits per heavy atom. The number of aromatic nitrogens is 4. The molecule has 2 rings (SSSR count). The van der Waals surface area contributed by atoms with Crippen LogP contribution in [0.1, 0.15) is 39.4 Å². The summed E-state index contributed by atoms with van der Waals surface area (Å²) in [5, 5.41) is 24.3. The van der Waals surface area contributed by atoms with Crippen LogP contribution in [0.15, 0.2) is 15.4 Å². The van der Waals surface area contributed by atoms with Gasteiger partial charge in [0, 0.05) is 5.92 Å². The van der Waals surface area contributed by atoms with Gasteiger partial charge in [0.2, 0.25) is 0 Å². The van der Waals surface area contributed by atoms with Crippen molar-refractivity contribution in [2.24, 2.45) is 21.4 Å². The maximum atomic E-state index is 3.81. The first-order valence-corrected chi connectivity index (χ1v) is 5.27. The van der Waals surface area contributed by atoms with Crippen molar-refractivity contribution < 1.29 is 0 Å². The Balaban J connectivity index is 0.000000160. The summed E-state index contributed by atoms with van der Waals surface area (Å²) < 4.78 is 0. The summed E-state index contributed by atoms with van der Waals surface area (Å²) in [6, 6.07) is 0. The molecule has 0 fully saturated rings. The molecule has 2 heterocycles. The first-order valence-electron chi connectivity index (χ1n) is 5.27. The van der Waals surface area contributed by atoms with Crippen molar-refractivity contribution in [1.82, 2.24) is 20.6 Å². The second-order valence-electron chi connectivity index (χ2n) is 4.06. The van der Waals surface area contributed by atoms with Gasteiger partial charge in [0.1, 0.15) is 6.54 Å². The lowest BCUT2D eigenvalue weighted by Crippen LogP contribution is -2.07. The number of H-pyrrole nitrogens is 1. The van der Waals surface area contributed by atoms with Gasteiger partial charge in [0.05, 0.1) is 5.71 Å². The van der Waals surface area contributed by atoms with Crippen molar-refractivity contribution in [1.29, 1.82) is 0 Å². The number of tetrazole rings is 1. The van der Waals surface area contributed by atoms with Crippen LogP contribution in [0.25, 0.3) is 0 Å². The lowest BCUT2D eigenvalue weighted by atomic mass is 10.1. The van der Waals surface area contributed by atoms with Gasteiger partial charge in [0.15, 0.2) is 5.82 Å².